The van der Waals surface area contributed by atoms with Crippen LogP contribution in [0.4, 0.5) is 13.2 Å². The monoisotopic (exact) mass is 291 g/mol. The topological polar surface area (TPSA) is 72.5 Å². The molecule has 0 radical (unpaired) electrons. The average molecular weight is 291 g/mol. The molecule has 1 aromatic rings. The lowest BCUT2D eigenvalue weighted by Crippen LogP contribution is -2.47. The molecular weight excluding hydrogens is 275 g/mol. The van der Waals surface area contributed by atoms with Crippen molar-refractivity contribution < 1.29 is 27.8 Å². The van der Waals surface area contributed by atoms with Crippen molar-refractivity contribution in [1.82, 2.24) is 0 Å². The van der Waals surface area contributed by atoms with Crippen LogP contribution >= 0.6 is 0 Å². The normalized spacial score (nSPS) is 14.8. The molecule has 7 heteroatoms. The molecule has 1 rings (SSSR count). The maximum atomic E-state index is 12.1. The number of alkyl halides is 3. The summed E-state index contributed by atoms with van der Waals surface area (Å²) < 4.78 is 40.8. The number of halogens is 3. The fourth-order valence-corrected chi connectivity index (χ4v) is 1.82. The molecule has 0 saturated carbocycles. The molecule has 0 bridgehead atoms. The predicted octanol–water partition coefficient (Wildman–Crippen LogP) is 1.86. The molecule has 0 spiro atoms. The largest absolute Gasteiger partial charge is 0.480 e. The van der Waals surface area contributed by atoms with Crippen molar-refractivity contribution in [3.8, 4) is 0 Å². The third kappa shape index (κ3) is 3.94. The Labute approximate surface area is 114 Å². The van der Waals surface area contributed by atoms with E-state index in [-0.39, 0.29) is 6.54 Å². The minimum Gasteiger partial charge on any atom is -0.480 e. The van der Waals surface area contributed by atoms with Gasteiger partial charge < -0.3 is 15.6 Å². The highest BCUT2D eigenvalue weighted by Gasteiger charge is 2.41. The summed E-state index contributed by atoms with van der Waals surface area (Å²) in [6, 6.07) is 6.48. The van der Waals surface area contributed by atoms with Gasteiger partial charge in [-0.15, -0.1) is 0 Å². The zero-order valence-electron chi connectivity index (χ0n) is 10.9. The number of rotatable bonds is 6. The molecule has 0 fully saturated rings. The zero-order chi connectivity index (χ0) is 15.4. The summed E-state index contributed by atoms with van der Waals surface area (Å²) in [5, 5.41) is 9.36. The number of benzene rings is 1. The molecular formula is C13H16F3NO3. The number of hydrogen-bond donors (Lipinski definition) is 2. The Bertz CT molecular complexity index is 476. The lowest BCUT2D eigenvalue weighted by atomic mass is 9.80. The first-order valence-electron chi connectivity index (χ1n) is 5.86. The minimum atomic E-state index is -4.51. The Hall–Kier alpha value is -1.60. The van der Waals surface area contributed by atoms with Crippen LogP contribution in [0.1, 0.15) is 11.1 Å². The highest BCUT2D eigenvalue weighted by atomic mass is 19.4. The summed E-state index contributed by atoms with van der Waals surface area (Å²) in [5.41, 5.74) is 4.93. The van der Waals surface area contributed by atoms with Gasteiger partial charge in [0.2, 0.25) is 0 Å². The summed E-state index contributed by atoms with van der Waals surface area (Å²) >= 11 is 0. The fourth-order valence-electron chi connectivity index (χ4n) is 1.82. The first-order chi connectivity index (χ1) is 9.21. The van der Waals surface area contributed by atoms with E-state index < -0.39 is 30.8 Å². The Morgan fingerprint density at radius 1 is 1.35 bits per heavy atom. The van der Waals surface area contributed by atoms with E-state index in [1.165, 1.54) is 6.07 Å². The minimum absolute atomic E-state index is 0.328. The molecule has 0 aliphatic rings. The zero-order valence-corrected chi connectivity index (χ0v) is 10.9. The van der Waals surface area contributed by atoms with Gasteiger partial charge in [0.15, 0.2) is 0 Å². The Kier molecular flexibility index (Phi) is 5.13. The number of carboxylic acid groups (broad SMARTS) is 1. The molecule has 0 aromatic heterocycles. The lowest BCUT2D eigenvalue weighted by Gasteiger charge is -2.28. The summed E-state index contributed by atoms with van der Waals surface area (Å²) in [7, 11) is 0. The van der Waals surface area contributed by atoms with E-state index in [0.29, 0.717) is 5.56 Å². The molecule has 0 aliphatic carbocycles. The summed E-state index contributed by atoms with van der Waals surface area (Å²) in [4.78, 5) is 11.5. The van der Waals surface area contributed by atoms with Crippen LogP contribution in [0.3, 0.4) is 0 Å². The number of aliphatic carboxylic acids is 1. The van der Waals surface area contributed by atoms with Crippen LogP contribution in [-0.4, -0.2) is 37.0 Å². The van der Waals surface area contributed by atoms with Crippen molar-refractivity contribution in [2.45, 2.75) is 18.5 Å². The van der Waals surface area contributed by atoms with Gasteiger partial charge in [0.05, 0.1) is 6.61 Å². The first-order valence-corrected chi connectivity index (χ1v) is 5.86. The molecule has 0 heterocycles. The lowest BCUT2D eigenvalue weighted by molar-refractivity contribution is -0.181. The van der Waals surface area contributed by atoms with Crippen LogP contribution in [0.15, 0.2) is 24.3 Å². The van der Waals surface area contributed by atoms with Gasteiger partial charge in [-0.1, -0.05) is 29.8 Å². The molecule has 1 aromatic carbocycles. The maximum Gasteiger partial charge on any atom is 0.411 e. The van der Waals surface area contributed by atoms with E-state index in [1.807, 2.05) is 0 Å². The van der Waals surface area contributed by atoms with E-state index in [4.69, 9.17) is 5.73 Å². The highest BCUT2D eigenvalue weighted by Crippen LogP contribution is 2.26. The molecule has 0 saturated heterocycles. The second-order valence-electron chi connectivity index (χ2n) is 4.57. The van der Waals surface area contributed by atoms with Gasteiger partial charge in [-0.3, -0.25) is 4.79 Å². The number of ether oxygens (including phenoxy) is 1. The second kappa shape index (κ2) is 6.23. The third-order valence-corrected chi connectivity index (χ3v) is 2.94. The van der Waals surface area contributed by atoms with Gasteiger partial charge in [0.25, 0.3) is 0 Å². The summed E-state index contributed by atoms with van der Waals surface area (Å²) in [5.74, 6) is -1.31. The van der Waals surface area contributed by atoms with E-state index in [1.54, 1.807) is 25.1 Å². The van der Waals surface area contributed by atoms with Gasteiger partial charge in [-0.25, -0.2) is 0 Å². The van der Waals surface area contributed by atoms with Crippen LogP contribution in [-0.2, 0) is 14.9 Å². The molecule has 1 atom stereocenters. The Morgan fingerprint density at radius 3 is 2.45 bits per heavy atom. The van der Waals surface area contributed by atoms with Gasteiger partial charge in [0.1, 0.15) is 12.0 Å². The second-order valence-corrected chi connectivity index (χ2v) is 4.57. The van der Waals surface area contributed by atoms with Gasteiger partial charge in [-0.05, 0) is 12.5 Å². The van der Waals surface area contributed by atoms with E-state index in [0.717, 1.165) is 5.56 Å². The van der Waals surface area contributed by atoms with Crippen LogP contribution in [0.5, 0.6) is 0 Å². The van der Waals surface area contributed by atoms with E-state index >= 15 is 0 Å². The predicted molar refractivity (Wildman–Crippen MR) is 66.4 cm³/mol. The van der Waals surface area contributed by atoms with Crippen molar-refractivity contribution in [1.29, 1.82) is 0 Å². The van der Waals surface area contributed by atoms with Crippen molar-refractivity contribution in [2.24, 2.45) is 5.73 Å². The number of carbonyl (C=O) groups is 1. The van der Waals surface area contributed by atoms with Crippen LogP contribution < -0.4 is 5.73 Å². The standard InChI is InChI=1S/C13H16F3NO3/c1-9-3-2-4-10(5-9)12(6-17,11(18)19)7-20-8-13(14,15)16/h2-5H,6-8,17H2,1H3,(H,18,19). The molecule has 0 aliphatic heterocycles. The van der Waals surface area contributed by atoms with Crippen molar-refractivity contribution >= 4 is 5.97 Å². The molecule has 4 nitrogen and oxygen atoms in total. The fraction of sp³-hybridized carbons (Fsp3) is 0.462. The van der Waals surface area contributed by atoms with Crippen molar-refractivity contribution in [3.63, 3.8) is 0 Å². The van der Waals surface area contributed by atoms with E-state index in [9.17, 15) is 23.1 Å². The maximum absolute atomic E-state index is 12.1. The van der Waals surface area contributed by atoms with Gasteiger partial charge in [-0.2, -0.15) is 13.2 Å². The molecule has 0 amide bonds. The number of hydrogen-bond acceptors (Lipinski definition) is 3. The first kappa shape index (κ1) is 16.5. The van der Waals surface area contributed by atoms with Crippen LogP contribution in [0.2, 0.25) is 0 Å². The summed E-state index contributed by atoms with van der Waals surface area (Å²) in [6.45, 7) is -0.748. The van der Waals surface area contributed by atoms with Gasteiger partial charge >= 0.3 is 12.1 Å². The highest BCUT2D eigenvalue weighted by molar-refractivity contribution is 5.82. The summed E-state index contributed by atoms with van der Waals surface area (Å²) in [6.07, 6.45) is -4.51. The third-order valence-electron chi connectivity index (χ3n) is 2.94. The van der Waals surface area contributed by atoms with Crippen molar-refractivity contribution in [3.05, 3.63) is 35.4 Å². The number of nitrogens with two attached hydrogens (primary N) is 1. The molecule has 112 valence electrons. The SMILES string of the molecule is Cc1cccc(C(CN)(COCC(F)(F)F)C(=O)O)c1. The van der Waals surface area contributed by atoms with Crippen LogP contribution in [0, 0.1) is 6.92 Å². The number of aryl methyl sites for hydroxylation is 1. The van der Waals surface area contributed by atoms with Gasteiger partial charge in [0, 0.05) is 6.54 Å². The number of carboxylic acids is 1. The van der Waals surface area contributed by atoms with Crippen molar-refractivity contribution in [2.75, 3.05) is 19.8 Å². The Morgan fingerprint density at radius 2 is 2.00 bits per heavy atom. The quantitative estimate of drug-likeness (QED) is 0.839. The molecule has 1 unspecified atom stereocenters. The molecule has 3 N–H and O–H groups in total. The van der Waals surface area contributed by atoms with E-state index in [2.05, 4.69) is 4.74 Å². The Balaban J connectivity index is 3.01. The smallest absolute Gasteiger partial charge is 0.411 e. The molecule has 20 heavy (non-hydrogen) atoms. The average Bonchev–Trinajstić information content (AvgIpc) is 2.33. The van der Waals surface area contributed by atoms with Crippen LogP contribution in [0.25, 0.3) is 0 Å².